The van der Waals surface area contributed by atoms with Crippen LogP contribution >= 0.6 is 0 Å². The van der Waals surface area contributed by atoms with Gasteiger partial charge in [0.2, 0.25) is 5.91 Å². The molecule has 26 heavy (non-hydrogen) atoms. The summed E-state index contributed by atoms with van der Waals surface area (Å²) in [7, 11) is 0. The number of hydrogen-bond acceptors (Lipinski definition) is 5. The first-order valence-corrected chi connectivity index (χ1v) is 8.49. The van der Waals surface area contributed by atoms with Crippen LogP contribution in [0, 0.1) is 5.41 Å². The molecule has 8 heteroatoms. The van der Waals surface area contributed by atoms with Crippen LogP contribution < -0.4 is 21.3 Å². The van der Waals surface area contributed by atoms with Crippen molar-refractivity contribution >= 4 is 29.1 Å². The van der Waals surface area contributed by atoms with E-state index in [-0.39, 0.29) is 17.9 Å². The first-order chi connectivity index (χ1) is 12.2. The molecule has 3 amide bonds. The molecule has 0 aromatic heterocycles. The number of amides is 3. The number of benzene rings is 1. The molecule has 4 N–H and O–H groups in total. The maximum atomic E-state index is 12.4. The van der Waals surface area contributed by atoms with E-state index >= 15 is 0 Å². The third kappa shape index (κ3) is 5.53. The normalized spacial score (nSPS) is 16.3. The average molecular weight is 362 g/mol. The van der Waals surface area contributed by atoms with E-state index in [1.54, 1.807) is 29.2 Å². The highest BCUT2D eigenvalue weighted by molar-refractivity contribution is 6.09. The van der Waals surface area contributed by atoms with Crippen molar-refractivity contribution in [2.75, 3.05) is 36.5 Å². The van der Waals surface area contributed by atoms with Crippen LogP contribution in [-0.2, 0) is 19.1 Å². The molecule has 1 aromatic rings. The molecule has 1 fully saturated rings. The Labute approximate surface area is 153 Å². The van der Waals surface area contributed by atoms with Crippen LogP contribution in [0.2, 0.25) is 0 Å². The third-order valence-corrected chi connectivity index (χ3v) is 3.82. The SMILES string of the molecule is CC(C)(C)CN[C@H](C(N)=O)C(=O)Nc1ccc(N2CCOCC2=O)cc1. The number of morpholine rings is 1. The van der Waals surface area contributed by atoms with Crippen molar-refractivity contribution in [3.05, 3.63) is 24.3 Å². The van der Waals surface area contributed by atoms with E-state index in [1.165, 1.54) is 0 Å². The summed E-state index contributed by atoms with van der Waals surface area (Å²) in [6, 6.07) is 5.71. The van der Waals surface area contributed by atoms with Crippen molar-refractivity contribution < 1.29 is 19.1 Å². The molecule has 0 bridgehead atoms. The van der Waals surface area contributed by atoms with Gasteiger partial charge in [-0.3, -0.25) is 19.7 Å². The van der Waals surface area contributed by atoms with Crippen LogP contribution in [-0.4, -0.2) is 50.1 Å². The Hall–Kier alpha value is -2.45. The van der Waals surface area contributed by atoms with Gasteiger partial charge in [0.1, 0.15) is 6.61 Å². The smallest absolute Gasteiger partial charge is 0.253 e. The maximum Gasteiger partial charge on any atom is 0.253 e. The Morgan fingerprint density at radius 3 is 2.46 bits per heavy atom. The molecule has 0 spiro atoms. The first kappa shape index (κ1) is 19.9. The minimum absolute atomic E-state index is 0.0677. The number of nitrogens with one attached hydrogen (secondary N) is 2. The highest BCUT2D eigenvalue weighted by atomic mass is 16.5. The highest BCUT2D eigenvalue weighted by Crippen LogP contribution is 2.20. The van der Waals surface area contributed by atoms with Crippen LogP contribution in [0.25, 0.3) is 0 Å². The van der Waals surface area contributed by atoms with Crippen molar-refractivity contribution in [1.82, 2.24) is 5.32 Å². The number of rotatable bonds is 6. The van der Waals surface area contributed by atoms with Gasteiger partial charge >= 0.3 is 0 Å². The zero-order chi connectivity index (χ0) is 19.3. The summed E-state index contributed by atoms with van der Waals surface area (Å²) in [5.74, 6) is -1.35. The van der Waals surface area contributed by atoms with Gasteiger partial charge in [-0.05, 0) is 29.7 Å². The van der Waals surface area contributed by atoms with Gasteiger partial charge in [0.05, 0.1) is 6.61 Å². The molecule has 8 nitrogen and oxygen atoms in total. The maximum absolute atomic E-state index is 12.4. The monoisotopic (exact) mass is 362 g/mol. The van der Waals surface area contributed by atoms with Gasteiger partial charge < -0.3 is 20.7 Å². The molecule has 2 rings (SSSR count). The molecule has 0 aliphatic carbocycles. The Balaban J connectivity index is 2.01. The fourth-order valence-electron chi connectivity index (χ4n) is 2.46. The van der Waals surface area contributed by atoms with Gasteiger partial charge in [0.15, 0.2) is 6.04 Å². The average Bonchev–Trinajstić information content (AvgIpc) is 2.55. The Morgan fingerprint density at radius 1 is 1.27 bits per heavy atom. The number of carbonyl (C=O) groups excluding carboxylic acids is 3. The Bertz CT molecular complexity index is 667. The molecule has 1 atom stereocenters. The van der Waals surface area contributed by atoms with E-state index in [2.05, 4.69) is 10.6 Å². The zero-order valence-electron chi connectivity index (χ0n) is 15.4. The number of anilines is 2. The number of nitrogens with two attached hydrogens (primary N) is 1. The summed E-state index contributed by atoms with van der Waals surface area (Å²) in [5, 5.41) is 5.57. The number of ether oxygens (including phenoxy) is 1. The largest absolute Gasteiger partial charge is 0.370 e. The first-order valence-electron chi connectivity index (χ1n) is 8.49. The summed E-state index contributed by atoms with van der Waals surface area (Å²) in [6.45, 7) is 7.48. The number of carbonyl (C=O) groups is 3. The minimum atomic E-state index is -1.12. The third-order valence-electron chi connectivity index (χ3n) is 3.82. The highest BCUT2D eigenvalue weighted by Gasteiger charge is 2.26. The summed E-state index contributed by atoms with van der Waals surface area (Å²) in [5.41, 5.74) is 6.49. The van der Waals surface area contributed by atoms with Gasteiger partial charge in [0.25, 0.3) is 11.8 Å². The van der Waals surface area contributed by atoms with Gasteiger partial charge in [0, 0.05) is 24.5 Å². The van der Waals surface area contributed by atoms with Crippen molar-refractivity contribution in [2.24, 2.45) is 11.1 Å². The topological polar surface area (TPSA) is 114 Å². The molecular formula is C18H26N4O4. The molecule has 1 heterocycles. The fourth-order valence-corrected chi connectivity index (χ4v) is 2.46. The lowest BCUT2D eigenvalue weighted by atomic mass is 9.96. The number of nitrogens with zero attached hydrogens (tertiary/aromatic N) is 1. The summed E-state index contributed by atoms with van der Waals surface area (Å²) in [6.07, 6.45) is 0. The van der Waals surface area contributed by atoms with Gasteiger partial charge in [-0.15, -0.1) is 0 Å². The van der Waals surface area contributed by atoms with Gasteiger partial charge in [-0.2, -0.15) is 0 Å². The van der Waals surface area contributed by atoms with Gasteiger partial charge in [-0.1, -0.05) is 20.8 Å². The van der Waals surface area contributed by atoms with Crippen LogP contribution in [0.15, 0.2) is 24.3 Å². The molecule has 142 valence electrons. The lowest BCUT2D eigenvalue weighted by Gasteiger charge is -2.27. The molecule has 0 saturated carbocycles. The van der Waals surface area contributed by atoms with E-state index < -0.39 is 17.9 Å². The predicted molar refractivity (Wildman–Crippen MR) is 98.7 cm³/mol. The fraction of sp³-hybridized carbons (Fsp3) is 0.500. The standard InChI is InChI=1S/C18H26N4O4/c1-18(2,3)11-20-15(16(19)24)17(25)21-12-4-6-13(7-5-12)22-8-9-26-10-14(22)23/h4-7,15,20H,8-11H2,1-3H3,(H2,19,24)(H,21,25)/t15-/m1/s1. The van der Waals surface area contributed by atoms with Crippen LogP contribution in [0.4, 0.5) is 11.4 Å². The van der Waals surface area contributed by atoms with Gasteiger partial charge in [-0.25, -0.2) is 0 Å². The molecule has 1 saturated heterocycles. The molecule has 1 aliphatic heterocycles. The van der Waals surface area contributed by atoms with Crippen LogP contribution in [0.5, 0.6) is 0 Å². The Morgan fingerprint density at radius 2 is 1.92 bits per heavy atom. The predicted octanol–water partition coefficient (Wildman–Crippen LogP) is 0.478. The quantitative estimate of drug-likeness (QED) is 0.637. The molecular weight excluding hydrogens is 336 g/mol. The second kappa shape index (κ2) is 8.29. The molecule has 0 radical (unpaired) electrons. The summed E-state index contributed by atoms with van der Waals surface area (Å²) < 4.78 is 5.11. The van der Waals surface area contributed by atoms with Crippen molar-refractivity contribution in [3.63, 3.8) is 0 Å². The zero-order valence-corrected chi connectivity index (χ0v) is 15.4. The van der Waals surface area contributed by atoms with E-state index in [1.807, 2.05) is 20.8 Å². The van der Waals surface area contributed by atoms with Crippen molar-refractivity contribution in [1.29, 1.82) is 0 Å². The molecule has 1 aliphatic rings. The lowest BCUT2D eigenvalue weighted by molar-refractivity contribution is -0.128. The summed E-state index contributed by atoms with van der Waals surface area (Å²) in [4.78, 5) is 37.4. The lowest BCUT2D eigenvalue weighted by Crippen LogP contribution is -2.51. The Kier molecular flexibility index (Phi) is 6.33. The van der Waals surface area contributed by atoms with Crippen molar-refractivity contribution in [2.45, 2.75) is 26.8 Å². The summed E-state index contributed by atoms with van der Waals surface area (Å²) >= 11 is 0. The van der Waals surface area contributed by atoms with E-state index in [9.17, 15) is 14.4 Å². The number of hydrogen-bond donors (Lipinski definition) is 3. The number of primary amides is 1. The molecule has 1 aromatic carbocycles. The second-order valence-corrected chi connectivity index (χ2v) is 7.41. The van der Waals surface area contributed by atoms with Crippen LogP contribution in [0.1, 0.15) is 20.8 Å². The van der Waals surface area contributed by atoms with Crippen molar-refractivity contribution in [3.8, 4) is 0 Å². The van der Waals surface area contributed by atoms with E-state index in [4.69, 9.17) is 10.5 Å². The molecule has 0 unspecified atom stereocenters. The second-order valence-electron chi connectivity index (χ2n) is 7.41. The minimum Gasteiger partial charge on any atom is -0.370 e. The van der Waals surface area contributed by atoms with E-state index in [0.29, 0.717) is 25.4 Å². The van der Waals surface area contributed by atoms with Crippen LogP contribution in [0.3, 0.4) is 0 Å². The van der Waals surface area contributed by atoms with E-state index in [0.717, 1.165) is 5.69 Å².